The van der Waals surface area contributed by atoms with E-state index in [0.717, 1.165) is 66.2 Å². The van der Waals surface area contributed by atoms with Gasteiger partial charge in [-0.1, -0.05) is 24.3 Å². The van der Waals surface area contributed by atoms with E-state index in [2.05, 4.69) is 23.1 Å². The fourth-order valence-corrected chi connectivity index (χ4v) is 4.28. The zero-order chi connectivity index (χ0) is 20.7. The third kappa shape index (κ3) is 3.15. The van der Waals surface area contributed by atoms with Crippen LogP contribution in [0, 0.1) is 0 Å². The molecule has 1 saturated heterocycles. The minimum absolute atomic E-state index is 0.470. The molecule has 1 fully saturated rings. The van der Waals surface area contributed by atoms with Crippen LogP contribution < -0.4 is 10.6 Å². The Hall–Kier alpha value is -3.51. The standard InChI is InChI=1S/C24H21N3O3/c25-24(29)21-13-22(16-3-1-2-15(10-16)14-28)26-23-19-5-4-18(11-17(19)12-20(21)23)27-6-8-30-9-7-27/h1-5,10-11,13-14H,6-9,12H2,(H2,25,29). The molecule has 30 heavy (non-hydrogen) atoms. The van der Waals surface area contributed by atoms with Gasteiger partial charge in [0.25, 0.3) is 0 Å². The van der Waals surface area contributed by atoms with Gasteiger partial charge in [-0.15, -0.1) is 0 Å². The van der Waals surface area contributed by atoms with E-state index < -0.39 is 5.91 Å². The summed E-state index contributed by atoms with van der Waals surface area (Å²) < 4.78 is 5.45. The zero-order valence-corrected chi connectivity index (χ0v) is 16.4. The molecule has 0 atom stereocenters. The lowest BCUT2D eigenvalue weighted by Crippen LogP contribution is -2.36. The Morgan fingerprint density at radius 1 is 1.10 bits per heavy atom. The molecule has 2 aliphatic rings. The fourth-order valence-electron chi connectivity index (χ4n) is 4.28. The number of nitrogens with two attached hydrogens (primary N) is 1. The average Bonchev–Trinajstić information content (AvgIpc) is 3.16. The average molecular weight is 399 g/mol. The van der Waals surface area contributed by atoms with E-state index in [1.807, 2.05) is 6.07 Å². The number of hydrogen-bond acceptors (Lipinski definition) is 5. The number of carbonyl (C=O) groups excluding carboxylic acids is 2. The van der Waals surface area contributed by atoms with Crippen LogP contribution in [0.1, 0.15) is 31.8 Å². The van der Waals surface area contributed by atoms with Crippen molar-refractivity contribution in [2.24, 2.45) is 5.73 Å². The van der Waals surface area contributed by atoms with Crippen molar-refractivity contribution in [1.82, 2.24) is 4.98 Å². The van der Waals surface area contributed by atoms with Crippen LogP contribution in [0.25, 0.3) is 22.5 Å². The molecule has 6 heteroatoms. The van der Waals surface area contributed by atoms with Gasteiger partial charge in [0.1, 0.15) is 6.29 Å². The van der Waals surface area contributed by atoms with E-state index in [1.54, 1.807) is 24.3 Å². The molecule has 2 N–H and O–H groups in total. The molecule has 0 saturated carbocycles. The van der Waals surface area contributed by atoms with Crippen molar-refractivity contribution in [3.05, 3.63) is 70.8 Å². The number of carbonyl (C=O) groups is 2. The van der Waals surface area contributed by atoms with E-state index in [-0.39, 0.29) is 0 Å². The number of fused-ring (bicyclic) bond motifs is 3. The lowest BCUT2D eigenvalue weighted by atomic mass is 10.0. The zero-order valence-electron chi connectivity index (χ0n) is 16.4. The van der Waals surface area contributed by atoms with Gasteiger partial charge >= 0.3 is 0 Å². The van der Waals surface area contributed by atoms with Crippen LogP contribution in [0.4, 0.5) is 5.69 Å². The second-order valence-electron chi connectivity index (χ2n) is 7.61. The van der Waals surface area contributed by atoms with Gasteiger partial charge in [0.15, 0.2) is 0 Å². The number of ether oxygens (including phenoxy) is 1. The minimum atomic E-state index is -0.470. The van der Waals surface area contributed by atoms with Crippen LogP contribution in [0.3, 0.4) is 0 Å². The maximum Gasteiger partial charge on any atom is 0.249 e. The number of amides is 1. The smallest absolute Gasteiger partial charge is 0.249 e. The summed E-state index contributed by atoms with van der Waals surface area (Å²) in [5.41, 5.74) is 13.2. The first-order valence-electron chi connectivity index (χ1n) is 9.99. The Balaban J connectivity index is 1.60. The van der Waals surface area contributed by atoms with Crippen molar-refractivity contribution in [3.8, 4) is 22.5 Å². The lowest BCUT2D eigenvalue weighted by molar-refractivity contribution is 0.0999. The van der Waals surface area contributed by atoms with Crippen LogP contribution in [0.5, 0.6) is 0 Å². The highest BCUT2D eigenvalue weighted by Gasteiger charge is 2.27. The van der Waals surface area contributed by atoms with Gasteiger partial charge in [0.05, 0.1) is 24.6 Å². The van der Waals surface area contributed by atoms with Crippen molar-refractivity contribution in [2.75, 3.05) is 31.2 Å². The fraction of sp³-hybridized carbons (Fsp3) is 0.208. The Kier molecular flexibility index (Phi) is 4.56. The van der Waals surface area contributed by atoms with Crippen molar-refractivity contribution in [2.45, 2.75) is 6.42 Å². The number of hydrogen-bond donors (Lipinski definition) is 1. The monoisotopic (exact) mass is 399 g/mol. The molecule has 0 bridgehead atoms. The van der Waals surface area contributed by atoms with E-state index in [0.29, 0.717) is 23.2 Å². The largest absolute Gasteiger partial charge is 0.378 e. The third-order valence-electron chi connectivity index (χ3n) is 5.80. The summed E-state index contributed by atoms with van der Waals surface area (Å²) in [4.78, 5) is 30.6. The molecule has 6 nitrogen and oxygen atoms in total. The predicted molar refractivity (Wildman–Crippen MR) is 115 cm³/mol. The molecule has 1 aliphatic heterocycles. The van der Waals surface area contributed by atoms with Crippen LogP contribution in [0.2, 0.25) is 0 Å². The molecule has 1 amide bonds. The third-order valence-corrected chi connectivity index (χ3v) is 5.80. The molecule has 2 aromatic carbocycles. The Labute approximate surface area is 174 Å². The van der Waals surface area contributed by atoms with E-state index in [4.69, 9.17) is 15.5 Å². The number of anilines is 1. The summed E-state index contributed by atoms with van der Waals surface area (Å²) in [6.45, 7) is 3.20. The number of pyridine rings is 1. The molecule has 1 aromatic heterocycles. The highest BCUT2D eigenvalue weighted by Crippen LogP contribution is 2.40. The van der Waals surface area contributed by atoms with Gasteiger partial charge < -0.3 is 15.4 Å². The number of nitrogens with zero attached hydrogens (tertiary/aromatic N) is 2. The topological polar surface area (TPSA) is 85.5 Å². The molecular formula is C24H21N3O3. The summed E-state index contributed by atoms with van der Waals surface area (Å²) >= 11 is 0. The summed E-state index contributed by atoms with van der Waals surface area (Å²) in [5, 5.41) is 0. The molecular weight excluding hydrogens is 378 g/mol. The van der Waals surface area contributed by atoms with Gasteiger partial charge in [-0.3, -0.25) is 9.59 Å². The van der Waals surface area contributed by atoms with Crippen LogP contribution in [-0.4, -0.2) is 43.5 Å². The molecule has 5 rings (SSSR count). The normalized spacial score (nSPS) is 14.9. The maximum absolute atomic E-state index is 12.2. The summed E-state index contributed by atoms with van der Waals surface area (Å²) in [5.74, 6) is -0.470. The maximum atomic E-state index is 12.2. The van der Waals surface area contributed by atoms with E-state index in [1.165, 1.54) is 0 Å². The van der Waals surface area contributed by atoms with Gasteiger partial charge in [0.2, 0.25) is 5.91 Å². The minimum Gasteiger partial charge on any atom is -0.378 e. The van der Waals surface area contributed by atoms with Crippen LogP contribution in [-0.2, 0) is 11.2 Å². The van der Waals surface area contributed by atoms with Crippen molar-refractivity contribution >= 4 is 17.9 Å². The second kappa shape index (κ2) is 7.39. The number of aldehydes is 1. The first-order valence-corrected chi connectivity index (χ1v) is 9.99. The highest BCUT2D eigenvalue weighted by molar-refractivity contribution is 5.99. The highest BCUT2D eigenvalue weighted by atomic mass is 16.5. The SMILES string of the molecule is NC(=O)c1cc(-c2cccc(C=O)c2)nc2c1Cc1cc(N3CCOCC3)ccc1-2. The first kappa shape index (κ1) is 18.5. The van der Waals surface area contributed by atoms with Gasteiger partial charge in [-0.25, -0.2) is 4.98 Å². The molecule has 0 radical (unpaired) electrons. The molecule has 150 valence electrons. The number of primary amides is 1. The summed E-state index contributed by atoms with van der Waals surface area (Å²) in [6, 6.07) is 15.3. The van der Waals surface area contributed by atoms with Crippen LogP contribution in [0.15, 0.2) is 48.5 Å². The van der Waals surface area contributed by atoms with Crippen molar-refractivity contribution < 1.29 is 14.3 Å². The van der Waals surface area contributed by atoms with Gasteiger partial charge in [-0.2, -0.15) is 0 Å². The molecule has 0 unspecified atom stereocenters. The number of benzene rings is 2. The Morgan fingerprint density at radius 3 is 2.70 bits per heavy atom. The predicted octanol–water partition coefficient (Wildman–Crippen LogP) is 3.07. The Bertz CT molecular complexity index is 1170. The van der Waals surface area contributed by atoms with E-state index >= 15 is 0 Å². The van der Waals surface area contributed by atoms with E-state index in [9.17, 15) is 9.59 Å². The molecule has 0 spiro atoms. The number of rotatable bonds is 4. The first-order chi connectivity index (χ1) is 14.6. The molecule has 1 aliphatic carbocycles. The van der Waals surface area contributed by atoms with Crippen LogP contribution >= 0.6 is 0 Å². The second-order valence-corrected chi connectivity index (χ2v) is 7.61. The quantitative estimate of drug-likeness (QED) is 0.533. The van der Waals surface area contributed by atoms with Crippen molar-refractivity contribution in [1.29, 1.82) is 0 Å². The molecule has 2 heterocycles. The summed E-state index contributed by atoms with van der Waals surface area (Å²) in [6.07, 6.45) is 1.43. The lowest BCUT2D eigenvalue weighted by Gasteiger charge is -2.29. The Morgan fingerprint density at radius 2 is 1.93 bits per heavy atom. The number of aromatic nitrogens is 1. The van der Waals surface area contributed by atoms with Gasteiger partial charge in [-0.05, 0) is 35.4 Å². The summed E-state index contributed by atoms with van der Waals surface area (Å²) in [7, 11) is 0. The van der Waals surface area contributed by atoms with Crippen molar-refractivity contribution in [3.63, 3.8) is 0 Å². The molecule has 3 aromatic rings. The number of morpholine rings is 1. The van der Waals surface area contributed by atoms with Gasteiger partial charge in [0, 0.05) is 47.5 Å².